The van der Waals surface area contributed by atoms with E-state index in [1.54, 1.807) is 30.3 Å². The van der Waals surface area contributed by atoms with Crippen molar-refractivity contribution < 1.29 is 19.1 Å². The molecule has 3 aromatic rings. The van der Waals surface area contributed by atoms with E-state index in [4.69, 9.17) is 21.7 Å². The lowest BCUT2D eigenvalue weighted by Gasteiger charge is -2.16. The maximum absolute atomic E-state index is 12.9. The summed E-state index contributed by atoms with van der Waals surface area (Å²) in [5.74, 6) is -0.0550. The minimum Gasteiger partial charge on any atom is -0.478 e. The highest BCUT2D eigenvalue weighted by Gasteiger charge is 2.34. The summed E-state index contributed by atoms with van der Waals surface area (Å²) in [6.45, 7) is 1.94. The molecule has 0 atom stereocenters. The molecule has 5 nitrogen and oxygen atoms in total. The van der Waals surface area contributed by atoms with E-state index in [1.165, 1.54) is 28.8 Å². The van der Waals surface area contributed by atoms with Crippen LogP contribution in [0, 0.1) is 6.92 Å². The van der Waals surface area contributed by atoms with E-state index in [9.17, 15) is 9.59 Å². The number of furan rings is 1. The molecular weight excluding hydrogens is 406 g/mol. The third-order valence-corrected chi connectivity index (χ3v) is 5.77. The minimum absolute atomic E-state index is 0.182. The van der Waals surface area contributed by atoms with Gasteiger partial charge < -0.3 is 9.52 Å². The number of thioether (sulfide) groups is 1. The Balaban J connectivity index is 1.59. The highest BCUT2D eigenvalue weighted by Crippen LogP contribution is 2.37. The Morgan fingerprint density at radius 1 is 1.10 bits per heavy atom. The molecule has 1 N–H and O–H groups in total. The van der Waals surface area contributed by atoms with Crippen LogP contribution >= 0.6 is 24.0 Å². The molecule has 0 unspecified atom stereocenters. The number of carboxylic acids is 1. The quantitative estimate of drug-likeness (QED) is 0.452. The maximum atomic E-state index is 12.9. The summed E-state index contributed by atoms with van der Waals surface area (Å²) in [7, 11) is 0. The number of aryl methyl sites for hydroxylation is 1. The van der Waals surface area contributed by atoms with Gasteiger partial charge in [0.1, 0.15) is 11.5 Å². The van der Waals surface area contributed by atoms with Crippen molar-refractivity contribution in [2.75, 3.05) is 4.90 Å². The first-order chi connectivity index (χ1) is 13.9. The monoisotopic (exact) mass is 421 g/mol. The Morgan fingerprint density at radius 3 is 2.52 bits per heavy atom. The van der Waals surface area contributed by atoms with Gasteiger partial charge in [-0.25, -0.2) is 4.79 Å². The number of aromatic carboxylic acids is 1. The number of hydrogen-bond acceptors (Lipinski definition) is 5. The van der Waals surface area contributed by atoms with Gasteiger partial charge in [0, 0.05) is 11.6 Å². The number of rotatable bonds is 4. The third kappa shape index (κ3) is 3.74. The van der Waals surface area contributed by atoms with E-state index < -0.39 is 5.97 Å². The first kappa shape index (κ1) is 19.2. The predicted molar refractivity (Wildman–Crippen MR) is 118 cm³/mol. The van der Waals surface area contributed by atoms with Crippen LogP contribution in [0.3, 0.4) is 0 Å². The van der Waals surface area contributed by atoms with Crippen LogP contribution in [0.5, 0.6) is 0 Å². The zero-order valence-corrected chi connectivity index (χ0v) is 16.9. The number of benzene rings is 2. The third-order valence-electron chi connectivity index (χ3n) is 4.47. The summed E-state index contributed by atoms with van der Waals surface area (Å²) < 4.78 is 6.31. The van der Waals surface area contributed by atoms with Crippen LogP contribution in [-0.2, 0) is 4.79 Å². The van der Waals surface area contributed by atoms with Crippen molar-refractivity contribution in [1.82, 2.24) is 0 Å². The molecule has 1 aromatic heterocycles. The number of carbonyl (C=O) groups excluding carboxylic acids is 1. The molecule has 2 aromatic carbocycles. The van der Waals surface area contributed by atoms with E-state index in [0.717, 1.165) is 16.8 Å². The lowest BCUT2D eigenvalue weighted by Crippen LogP contribution is -2.28. The van der Waals surface area contributed by atoms with Crippen molar-refractivity contribution in [3.8, 4) is 11.3 Å². The van der Waals surface area contributed by atoms with E-state index in [1.807, 2.05) is 31.2 Å². The summed E-state index contributed by atoms with van der Waals surface area (Å²) in [6, 6.07) is 17.6. The minimum atomic E-state index is -0.979. The molecule has 1 fully saturated rings. The lowest BCUT2D eigenvalue weighted by molar-refractivity contribution is -0.113. The molecule has 1 amide bonds. The van der Waals surface area contributed by atoms with Crippen molar-refractivity contribution in [1.29, 1.82) is 0 Å². The Morgan fingerprint density at radius 2 is 1.83 bits per heavy atom. The number of hydrogen-bond donors (Lipinski definition) is 1. The number of anilines is 1. The number of nitrogens with zero attached hydrogens (tertiary/aromatic N) is 1. The zero-order valence-electron chi connectivity index (χ0n) is 15.3. The summed E-state index contributed by atoms with van der Waals surface area (Å²) in [5.41, 5.74) is 2.70. The largest absolute Gasteiger partial charge is 0.478 e. The second kappa shape index (κ2) is 7.69. The van der Waals surface area contributed by atoms with Gasteiger partial charge in [-0.3, -0.25) is 9.69 Å². The Hall–Kier alpha value is -3.16. The van der Waals surface area contributed by atoms with Gasteiger partial charge in [-0.15, -0.1) is 0 Å². The van der Waals surface area contributed by atoms with Gasteiger partial charge in [0.15, 0.2) is 4.32 Å². The molecule has 29 heavy (non-hydrogen) atoms. The van der Waals surface area contributed by atoms with Gasteiger partial charge in [0.05, 0.1) is 16.2 Å². The normalized spacial score (nSPS) is 15.3. The maximum Gasteiger partial charge on any atom is 0.335 e. The van der Waals surface area contributed by atoms with Gasteiger partial charge in [-0.05, 0) is 42.8 Å². The molecule has 144 valence electrons. The summed E-state index contributed by atoms with van der Waals surface area (Å²) >= 11 is 6.65. The number of thiocarbonyl (C=S) groups is 1. The number of carbonyl (C=O) groups is 2. The van der Waals surface area contributed by atoms with Gasteiger partial charge in [-0.1, -0.05) is 54.3 Å². The molecule has 0 bridgehead atoms. The topological polar surface area (TPSA) is 70.8 Å². The highest BCUT2D eigenvalue weighted by molar-refractivity contribution is 8.27. The summed E-state index contributed by atoms with van der Waals surface area (Å²) in [4.78, 5) is 25.9. The van der Waals surface area contributed by atoms with Crippen molar-refractivity contribution >= 4 is 51.9 Å². The lowest BCUT2D eigenvalue weighted by atomic mass is 10.1. The van der Waals surface area contributed by atoms with Gasteiger partial charge in [-0.2, -0.15) is 0 Å². The Bertz CT molecular complexity index is 1160. The number of para-hydroxylation sites is 1. The van der Waals surface area contributed by atoms with Crippen LogP contribution in [0.15, 0.2) is 70.0 Å². The summed E-state index contributed by atoms with van der Waals surface area (Å²) in [5, 5.41) is 9.00. The van der Waals surface area contributed by atoms with E-state index in [0.29, 0.717) is 20.7 Å². The molecule has 0 spiro atoms. The fourth-order valence-electron chi connectivity index (χ4n) is 2.98. The van der Waals surface area contributed by atoms with Crippen molar-refractivity contribution in [2.24, 2.45) is 0 Å². The molecule has 0 radical (unpaired) electrons. The molecular formula is C22H15NO4S2. The van der Waals surface area contributed by atoms with Crippen LogP contribution in [0.25, 0.3) is 17.4 Å². The SMILES string of the molecule is Cc1ccccc1N1C(=O)/C(=C\c2ccc(-c3ccc(C(=O)O)cc3)o2)SC1=S. The molecule has 1 aliphatic rings. The Kier molecular flexibility index (Phi) is 5.08. The van der Waals surface area contributed by atoms with Gasteiger partial charge in [0.25, 0.3) is 5.91 Å². The van der Waals surface area contributed by atoms with Crippen LogP contribution < -0.4 is 4.90 Å². The molecule has 1 saturated heterocycles. The number of amides is 1. The van der Waals surface area contributed by atoms with Crippen molar-refractivity contribution in [3.05, 3.63) is 82.5 Å². The molecule has 0 saturated carbocycles. The zero-order chi connectivity index (χ0) is 20.5. The van der Waals surface area contributed by atoms with Gasteiger partial charge in [0.2, 0.25) is 0 Å². The van der Waals surface area contributed by atoms with E-state index in [2.05, 4.69) is 0 Å². The molecule has 1 aliphatic heterocycles. The first-order valence-corrected chi connectivity index (χ1v) is 9.93. The van der Waals surface area contributed by atoms with Crippen LogP contribution in [0.2, 0.25) is 0 Å². The highest BCUT2D eigenvalue weighted by atomic mass is 32.2. The van der Waals surface area contributed by atoms with Crippen LogP contribution in [0.4, 0.5) is 5.69 Å². The molecule has 7 heteroatoms. The smallest absolute Gasteiger partial charge is 0.335 e. The second-order valence-electron chi connectivity index (χ2n) is 6.39. The van der Waals surface area contributed by atoms with Crippen LogP contribution in [0.1, 0.15) is 21.7 Å². The average molecular weight is 421 g/mol. The summed E-state index contributed by atoms with van der Waals surface area (Å²) in [6.07, 6.45) is 1.67. The predicted octanol–water partition coefficient (Wildman–Crippen LogP) is 5.36. The fourth-order valence-corrected chi connectivity index (χ4v) is 4.25. The number of carboxylic acid groups (broad SMARTS) is 1. The van der Waals surface area contributed by atoms with E-state index in [-0.39, 0.29) is 11.5 Å². The Labute approximate surface area is 176 Å². The fraction of sp³-hybridized carbons (Fsp3) is 0.0455. The van der Waals surface area contributed by atoms with E-state index >= 15 is 0 Å². The standard InChI is InChI=1S/C22H15NO4S2/c1-13-4-2-3-5-17(13)23-20(24)19(29-22(23)28)12-16-10-11-18(27-16)14-6-8-15(9-7-14)21(25)26/h2-12H,1H3,(H,25,26)/b19-12+. The second-order valence-corrected chi connectivity index (χ2v) is 8.06. The van der Waals surface area contributed by atoms with Crippen molar-refractivity contribution in [2.45, 2.75) is 6.92 Å². The van der Waals surface area contributed by atoms with Gasteiger partial charge >= 0.3 is 5.97 Å². The first-order valence-electron chi connectivity index (χ1n) is 8.71. The molecule has 2 heterocycles. The van der Waals surface area contributed by atoms with Crippen LogP contribution in [-0.4, -0.2) is 21.3 Å². The molecule has 4 rings (SSSR count). The molecule has 0 aliphatic carbocycles. The average Bonchev–Trinajstić information content (AvgIpc) is 3.27. The van der Waals surface area contributed by atoms with Crippen molar-refractivity contribution in [3.63, 3.8) is 0 Å².